The third kappa shape index (κ3) is 5.47. The number of primary amides is 1. The molecule has 1 heterocycles. The second kappa shape index (κ2) is 9.42. The van der Waals surface area contributed by atoms with E-state index >= 15 is 0 Å². The zero-order valence-corrected chi connectivity index (χ0v) is 18.2. The quantitative estimate of drug-likeness (QED) is 0.263. The number of alkyl halides is 2. The number of carbonyl (C=O) groups excluding carboxylic acids is 3. The molecule has 1 saturated heterocycles. The first-order valence-electron chi connectivity index (χ1n) is 9.91. The minimum atomic E-state index is -0.879. The highest BCUT2D eigenvalue weighted by atomic mass is 35.5. The van der Waals surface area contributed by atoms with E-state index in [9.17, 15) is 19.5 Å². The molecule has 31 heavy (non-hydrogen) atoms. The number of carbonyl (C=O) groups is 3. The van der Waals surface area contributed by atoms with Crippen LogP contribution in [0.5, 0.6) is 0 Å². The van der Waals surface area contributed by atoms with Crippen LogP contribution in [0.15, 0.2) is 24.3 Å². The van der Waals surface area contributed by atoms with Gasteiger partial charge in [0.1, 0.15) is 16.1 Å². The predicted molar refractivity (Wildman–Crippen MR) is 117 cm³/mol. The van der Waals surface area contributed by atoms with Gasteiger partial charge in [-0.2, -0.15) is 0 Å². The maximum absolute atomic E-state index is 12.9. The number of amides is 3. The number of nitrogens with two attached hydrogens (primary N) is 1. The lowest BCUT2D eigenvalue weighted by atomic mass is 10.1. The highest BCUT2D eigenvalue weighted by Crippen LogP contribution is 2.52. The molecule has 1 aliphatic heterocycles. The zero-order chi connectivity index (χ0) is 22.8. The Morgan fingerprint density at radius 3 is 2.58 bits per heavy atom. The molecule has 2 aliphatic rings. The summed E-state index contributed by atoms with van der Waals surface area (Å²) in [6.07, 6.45) is 0.959. The fourth-order valence-electron chi connectivity index (χ4n) is 3.67. The van der Waals surface area contributed by atoms with Crippen molar-refractivity contribution in [1.29, 1.82) is 5.41 Å². The average molecular weight is 470 g/mol. The monoisotopic (exact) mass is 469 g/mol. The van der Waals surface area contributed by atoms with Gasteiger partial charge < -0.3 is 26.4 Å². The van der Waals surface area contributed by atoms with Crippen molar-refractivity contribution in [2.24, 2.45) is 17.6 Å². The van der Waals surface area contributed by atoms with Crippen LogP contribution in [0, 0.1) is 17.2 Å². The first kappa shape index (κ1) is 23.3. The molecule has 1 aromatic rings. The molecule has 0 bridgehead atoms. The number of anilines is 1. The maximum atomic E-state index is 12.9. The molecule has 0 aromatic heterocycles. The highest BCUT2D eigenvalue weighted by molar-refractivity contribution is 6.50. The van der Waals surface area contributed by atoms with E-state index in [4.69, 9.17) is 34.3 Å². The number of hydrogen-bond donors (Lipinski definition) is 5. The van der Waals surface area contributed by atoms with E-state index in [1.807, 2.05) is 0 Å². The summed E-state index contributed by atoms with van der Waals surface area (Å²) in [5, 5.41) is 23.1. The molecule has 3 atom stereocenters. The number of nitrogens with zero attached hydrogens (tertiary/aromatic N) is 1. The molecule has 9 nitrogen and oxygen atoms in total. The van der Waals surface area contributed by atoms with Crippen LogP contribution in [0.2, 0.25) is 0 Å². The van der Waals surface area contributed by atoms with Crippen LogP contribution in [0.1, 0.15) is 18.4 Å². The van der Waals surface area contributed by atoms with Crippen molar-refractivity contribution in [2.45, 2.75) is 23.2 Å². The molecule has 6 N–H and O–H groups in total. The normalized spacial score (nSPS) is 23.8. The van der Waals surface area contributed by atoms with Gasteiger partial charge >= 0.3 is 0 Å². The minimum Gasteiger partial charge on any atom is -0.396 e. The Kier molecular flexibility index (Phi) is 7.08. The number of nitrogens with one attached hydrogen (secondary N) is 3. The number of benzene rings is 1. The smallest absolute Gasteiger partial charge is 0.267 e. The summed E-state index contributed by atoms with van der Waals surface area (Å²) >= 11 is 12.0. The number of likely N-dealkylation sites (tertiary alicyclic amines) is 1. The standard InChI is InChI=1S/C20H25Cl2N5O4/c21-20(22)6-12(20)7-26-19(31)15-5-11(10-28)9-27(15)16(29)8-25-14-4-2-1-3-13(14)17(23)18(24)30/h1-4,11-12,15,23,25,28H,5-10H2,(H2,24,30)(H,26,31). The molecule has 168 valence electrons. The van der Waals surface area contributed by atoms with Gasteiger partial charge in [-0.05, 0) is 18.9 Å². The van der Waals surface area contributed by atoms with Crippen LogP contribution in [0.3, 0.4) is 0 Å². The van der Waals surface area contributed by atoms with Gasteiger partial charge in [-0.25, -0.2) is 0 Å². The van der Waals surface area contributed by atoms with Gasteiger partial charge in [0.15, 0.2) is 0 Å². The van der Waals surface area contributed by atoms with Gasteiger partial charge in [0, 0.05) is 42.8 Å². The molecule has 11 heteroatoms. The van der Waals surface area contributed by atoms with Crippen molar-refractivity contribution in [3.05, 3.63) is 29.8 Å². The van der Waals surface area contributed by atoms with Crippen LogP contribution in [-0.4, -0.2) is 70.1 Å². The Morgan fingerprint density at radius 2 is 1.97 bits per heavy atom. The summed E-state index contributed by atoms with van der Waals surface area (Å²) < 4.78 is -0.804. The molecular formula is C20H25Cl2N5O4. The van der Waals surface area contributed by atoms with Crippen LogP contribution < -0.4 is 16.4 Å². The number of rotatable bonds is 9. The minimum absolute atomic E-state index is 0.0160. The predicted octanol–water partition coefficient (Wildman–Crippen LogP) is 0.471. The molecule has 1 saturated carbocycles. The van der Waals surface area contributed by atoms with Crippen molar-refractivity contribution < 1.29 is 19.5 Å². The summed E-state index contributed by atoms with van der Waals surface area (Å²) in [7, 11) is 0. The second-order valence-electron chi connectivity index (χ2n) is 7.89. The SMILES string of the molecule is N=C(C(N)=O)c1ccccc1NCC(=O)N1CC(CO)CC1C(=O)NCC1CC1(Cl)Cl. The molecule has 3 unspecified atom stereocenters. The van der Waals surface area contributed by atoms with Gasteiger partial charge in [-0.3, -0.25) is 19.8 Å². The van der Waals surface area contributed by atoms with Crippen molar-refractivity contribution in [3.63, 3.8) is 0 Å². The van der Waals surface area contributed by atoms with Crippen molar-refractivity contribution in [3.8, 4) is 0 Å². The topological polar surface area (TPSA) is 149 Å². The maximum Gasteiger partial charge on any atom is 0.267 e. The average Bonchev–Trinajstić information content (AvgIpc) is 3.14. The van der Waals surface area contributed by atoms with E-state index in [-0.39, 0.29) is 54.6 Å². The van der Waals surface area contributed by atoms with Crippen LogP contribution in [-0.2, 0) is 14.4 Å². The third-order valence-corrected chi connectivity index (χ3v) is 6.55. The number of halogens is 2. The van der Waals surface area contributed by atoms with Crippen molar-refractivity contribution >= 4 is 52.3 Å². The van der Waals surface area contributed by atoms with Crippen molar-refractivity contribution in [2.75, 3.05) is 31.6 Å². The lowest BCUT2D eigenvalue weighted by Crippen LogP contribution is -2.48. The summed E-state index contributed by atoms with van der Waals surface area (Å²) in [6, 6.07) is 5.83. The highest BCUT2D eigenvalue weighted by Gasteiger charge is 2.51. The van der Waals surface area contributed by atoms with Gasteiger partial charge in [-0.1, -0.05) is 18.2 Å². The number of aliphatic hydroxyl groups is 1. The van der Waals surface area contributed by atoms with Crippen molar-refractivity contribution in [1.82, 2.24) is 10.2 Å². The Morgan fingerprint density at radius 1 is 1.29 bits per heavy atom. The third-order valence-electron chi connectivity index (χ3n) is 5.62. The molecule has 3 rings (SSSR count). The molecule has 0 radical (unpaired) electrons. The molecule has 1 aromatic carbocycles. The lowest BCUT2D eigenvalue weighted by Gasteiger charge is -2.24. The van der Waals surface area contributed by atoms with E-state index < -0.39 is 16.3 Å². The number of aliphatic hydroxyl groups excluding tert-OH is 1. The Labute approximate surface area is 189 Å². The summed E-state index contributed by atoms with van der Waals surface area (Å²) in [6.45, 7) is 0.302. The summed E-state index contributed by atoms with van der Waals surface area (Å²) in [5.41, 5.74) is 5.51. The van der Waals surface area contributed by atoms with Crippen LogP contribution >= 0.6 is 23.2 Å². The largest absolute Gasteiger partial charge is 0.396 e. The van der Waals surface area contributed by atoms with Gasteiger partial charge in [0.05, 0.1) is 6.54 Å². The molecule has 3 amide bonds. The van der Waals surface area contributed by atoms with Crippen LogP contribution in [0.25, 0.3) is 0 Å². The Balaban J connectivity index is 1.63. The van der Waals surface area contributed by atoms with E-state index in [1.54, 1.807) is 24.3 Å². The van der Waals surface area contributed by atoms with E-state index in [0.717, 1.165) is 0 Å². The summed E-state index contributed by atoms with van der Waals surface area (Å²) in [4.78, 5) is 38.4. The lowest BCUT2D eigenvalue weighted by molar-refractivity contribution is -0.137. The van der Waals surface area contributed by atoms with Gasteiger partial charge in [0.25, 0.3) is 5.91 Å². The second-order valence-corrected chi connectivity index (χ2v) is 9.43. The number of hydrogen-bond acceptors (Lipinski definition) is 6. The molecule has 0 spiro atoms. The van der Waals surface area contributed by atoms with Gasteiger partial charge in [-0.15, -0.1) is 23.2 Å². The fraction of sp³-hybridized carbons (Fsp3) is 0.500. The first-order chi connectivity index (χ1) is 14.6. The fourth-order valence-corrected chi connectivity index (χ4v) is 4.20. The zero-order valence-electron chi connectivity index (χ0n) is 16.7. The Hall–Kier alpha value is -2.36. The van der Waals surface area contributed by atoms with Crippen LogP contribution in [0.4, 0.5) is 5.69 Å². The Bertz CT molecular complexity index is 894. The van der Waals surface area contributed by atoms with E-state index in [1.165, 1.54) is 4.90 Å². The van der Waals surface area contributed by atoms with Gasteiger partial charge in [0.2, 0.25) is 11.8 Å². The first-order valence-corrected chi connectivity index (χ1v) is 10.7. The summed E-state index contributed by atoms with van der Waals surface area (Å²) in [5.74, 6) is -1.74. The molecular weight excluding hydrogens is 445 g/mol. The van der Waals surface area contributed by atoms with E-state index in [0.29, 0.717) is 25.1 Å². The molecule has 2 fully saturated rings. The number of para-hydroxylation sites is 1. The molecule has 1 aliphatic carbocycles. The van der Waals surface area contributed by atoms with E-state index in [2.05, 4.69) is 10.6 Å².